The normalized spacial score (nSPS) is 13.1. The summed E-state index contributed by atoms with van der Waals surface area (Å²) in [5.41, 5.74) is 5.41. The van der Waals surface area contributed by atoms with Gasteiger partial charge in [-0.25, -0.2) is 0 Å². The fourth-order valence-electron chi connectivity index (χ4n) is 1.16. The molecule has 14 heavy (non-hydrogen) atoms. The first kappa shape index (κ1) is 13.8. The molecule has 0 bridgehead atoms. The molecule has 4 nitrogen and oxygen atoms in total. The van der Waals surface area contributed by atoms with E-state index in [1.54, 1.807) is 14.0 Å². The Hall–Kier alpha value is -0.230. The summed E-state index contributed by atoms with van der Waals surface area (Å²) in [6.45, 7) is 4.63. The van der Waals surface area contributed by atoms with Gasteiger partial charge in [0.05, 0.1) is 17.7 Å². The molecular weight excluding hydrogens is 200 g/mol. The standard InChI is InChI=1S/C9H20N2O2S/c1-8(12)7-11(5-6-13-2)4-3-9(10)14/h8,12H,3-7H2,1-2H3,(H2,10,14). The molecule has 0 aliphatic carbocycles. The summed E-state index contributed by atoms with van der Waals surface area (Å²) < 4.78 is 4.97. The molecule has 0 aliphatic rings. The molecule has 0 amide bonds. The lowest BCUT2D eigenvalue weighted by Crippen LogP contribution is -2.35. The first-order valence-electron chi connectivity index (χ1n) is 4.74. The third kappa shape index (κ3) is 8.37. The second kappa shape index (κ2) is 8.11. The average molecular weight is 220 g/mol. The number of thiocarbonyl (C=S) groups is 1. The van der Waals surface area contributed by atoms with Crippen LogP contribution in [0.25, 0.3) is 0 Å². The molecule has 0 heterocycles. The Balaban J connectivity index is 3.77. The van der Waals surface area contributed by atoms with Gasteiger partial charge in [0.2, 0.25) is 0 Å². The highest BCUT2D eigenvalue weighted by atomic mass is 32.1. The van der Waals surface area contributed by atoms with Crippen LogP contribution in [-0.2, 0) is 4.74 Å². The maximum Gasteiger partial charge on any atom is 0.0740 e. The largest absolute Gasteiger partial charge is 0.393 e. The van der Waals surface area contributed by atoms with Crippen LogP contribution in [0.3, 0.4) is 0 Å². The topological polar surface area (TPSA) is 58.7 Å². The second-order valence-corrected chi connectivity index (χ2v) is 3.88. The second-order valence-electron chi connectivity index (χ2n) is 3.36. The van der Waals surface area contributed by atoms with Crippen molar-refractivity contribution in [1.29, 1.82) is 0 Å². The lowest BCUT2D eigenvalue weighted by Gasteiger charge is -2.22. The van der Waals surface area contributed by atoms with Gasteiger partial charge in [-0.1, -0.05) is 12.2 Å². The number of nitrogens with two attached hydrogens (primary N) is 1. The average Bonchev–Trinajstić information content (AvgIpc) is 2.09. The van der Waals surface area contributed by atoms with Gasteiger partial charge >= 0.3 is 0 Å². The summed E-state index contributed by atoms with van der Waals surface area (Å²) in [5.74, 6) is 0. The first-order chi connectivity index (χ1) is 6.56. The number of rotatable bonds is 8. The Bertz CT molecular complexity index is 165. The van der Waals surface area contributed by atoms with Crippen molar-refractivity contribution in [3.8, 4) is 0 Å². The van der Waals surface area contributed by atoms with Gasteiger partial charge in [0, 0.05) is 33.2 Å². The van der Waals surface area contributed by atoms with Crippen molar-refractivity contribution in [3.63, 3.8) is 0 Å². The number of methoxy groups -OCH3 is 1. The minimum atomic E-state index is -0.335. The monoisotopic (exact) mass is 220 g/mol. The van der Waals surface area contributed by atoms with Crippen LogP contribution in [0.1, 0.15) is 13.3 Å². The Morgan fingerprint density at radius 1 is 1.57 bits per heavy atom. The number of hydrogen-bond acceptors (Lipinski definition) is 4. The molecule has 0 rings (SSSR count). The van der Waals surface area contributed by atoms with E-state index in [9.17, 15) is 5.11 Å². The quantitative estimate of drug-likeness (QED) is 0.564. The molecule has 0 saturated carbocycles. The van der Waals surface area contributed by atoms with Crippen molar-refractivity contribution in [3.05, 3.63) is 0 Å². The van der Waals surface area contributed by atoms with E-state index in [0.717, 1.165) is 13.1 Å². The van der Waals surface area contributed by atoms with Gasteiger partial charge < -0.3 is 15.6 Å². The molecule has 0 saturated heterocycles. The molecule has 0 fully saturated rings. The van der Waals surface area contributed by atoms with Crippen LogP contribution in [0, 0.1) is 0 Å². The van der Waals surface area contributed by atoms with Gasteiger partial charge in [-0.3, -0.25) is 4.90 Å². The van der Waals surface area contributed by atoms with Crippen LogP contribution in [0.5, 0.6) is 0 Å². The Labute approximate surface area is 91.0 Å². The predicted molar refractivity (Wildman–Crippen MR) is 61.4 cm³/mol. The van der Waals surface area contributed by atoms with Gasteiger partial charge in [-0.2, -0.15) is 0 Å². The maximum absolute atomic E-state index is 9.24. The van der Waals surface area contributed by atoms with E-state index in [0.29, 0.717) is 24.6 Å². The molecule has 0 aromatic heterocycles. The van der Waals surface area contributed by atoms with Crippen LogP contribution in [0.15, 0.2) is 0 Å². The zero-order valence-electron chi connectivity index (χ0n) is 8.90. The molecule has 0 aromatic rings. The van der Waals surface area contributed by atoms with Crippen molar-refractivity contribution < 1.29 is 9.84 Å². The summed E-state index contributed by atoms with van der Waals surface area (Å²) >= 11 is 4.80. The van der Waals surface area contributed by atoms with Crippen molar-refractivity contribution in [2.45, 2.75) is 19.4 Å². The molecule has 1 unspecified atom stereocenters. The van der Waals surface area contributed by atoms with Crippen LogP contribution in [0.2, 0.25) is 0 Å². The van der Waals surface area contributed by atoms with E-state index in [2.05, 4.69) is 4.90 Å². The zero-order chi connectivity index (χ0) is 11.0. The summed E-state index contributed by atoms with van der Waals surface area (Å²) in [6.07, 6.45) is 0.351. The summed E-state index contributed by atoms with van der Waals surface area (Å²) in [6, 6.07) is 0. The maximum atomic E-state index is 9.24. The Morgan fingerprint density at radius 3 is 2.64 bits per heavy atom. The minimum absolute atomic E-state index is 0.335. The van der Waals surface area contributed by atoms with Gasteiger partial charge in [-0.15, -0.1) is 0 Å². The van der Waals surface area contributed by atoms with E-state index in [4.69, 9.17) is 22.7 Å². The van der Waals surface area contributed by atoms with Crippen LogP contribution in [0.4, 0.5) is 0 Å². The SMILES string of the molecule is COCCN(CCC(N)=S)CC(C)O. The number of hydrogen-bond donors (Lipinski definition) is 2. The summed E-state index contributed by atoms with van der Waals surface area (Å²) in [5, 5.41) is 9.24. The van der Waals surface area contributed by atoms with Crippen molar-refractivity contribution in [1.82, 2.24) is 4.90 Å². The van der Waals surface area contributed by atoms with Crippen LogP contribution < -0.4 is 5.73 Å². The molecule has 1 atom stereocenters. The molecule has 5 heteroatoms. The summed E-state index contributed by atoms with van der Waals surface area (Å²) in [7, 11) is 1.66. The Morgan fingerprint density at radius 2 is 2.21 bits per heavy atom. The highest BCUT2D eigenvalue weighted by Gasteiger charge is 2.07. The zero-order valence-corrected chi connectivity index (χ0v) is 9.72. The molecular formula is C9H20N2O2S. The lowest BCUT2D eigenvalue weighted by atomic mass is 10.3. The molecule has 84 valence electrons. The first-order valence-corrected chi connectivity index (χ1v) is 5.14. The van der Waals surface area contributed by atoms with E-state index in [1.165, 1.54) is 0 Å². The van der Waals surface area contributed by atoms with Crippen molar-refractivity contribution in [2.75, 3.05) is 33.4 Å². The van der Waals surface area contributed by atoms with E-state index in [1.807, 2.05) is 0 Å². The fourth-order valence-corrected chi connectivity index (χ4v) is 1.25. The minimum Gasteiger partial charge on any atom is -0.393 e. The smallest absolute Gasteiger partial charge is 0.0740 e. The number of aliphatic hydroxyl groups excluding tert-OH is 1. The van der Waals surface area contributed by atoms with Crippen LogP contribution >= 0.6 is 12.2 Å². The Kier molecular flexibility index (Phi) is 7.98. The fraction of sp³-hybridized carbons (Fsp3) is 0.889. The lowest BCUT2D eigenvalue weighted by molar-refractivity contribution is 0.0997. The van der Waals surface area contributed by atoms with Gasteiger partial charge in [0.1, 0.15) is 0 Å². The van der Waals surface area contributed by atoms with Gasteiger partial charge in [0.25, 0.3) is 0 Å². The molecule has 0 radical (unpaired) electrons. The van der Waals surface area contributed by atoms with Crippen molar-refractivity contribution >= 4 is 17.2 Å². The van der Waals surface area contributed by atoms with E-state index < -0.39 is 0 Å². The van der Waals surface area contributed by atoms with E-state index in [-0.39, 0.29) is 6.10 Å². The number of ether oxygens (including phenoxy) is 1. The highest BCUT2D eigenvalue weighted by molar-refractivity contribution is 7.80. The molecule has 3 N–H and O–H groups in total. The van der Waals surface area contributed by atoms with Crippen LogP contribution in [-0.4, -0.2) is 54.4 Å². The molecule has 0 aliphatic heterocycles. The van der Waals surface area contributed by atoms with Gasteiger partial charge in [-0.05, 0) is 6.92 Å². The molecule has 0 aromatic carbocycles. The number of aliphatic hydroxyl groups is 1. The van der Waals surface area contributed by atoms with Crippen molar-refractivity contribution in [2.24, 2.45) is 5.73 Å². The van der Waals surface area contributed by atoms with E-state index >= 15 is 0 Å². The third-order valence-corrected chi connectivity index (χ3v) is 2.01. The third-order valence-electron chi connectivity index (χ3n) is 1.81. The highest BCUT2D eigenvalue weighted by Crippen LogP contribution is 1.95. The summed E-state index contributed by atoms with van der Waals surface area (Å²) in [4.78, 5) is 2.60. The molecule has 0 spiro atoms. The number of nitrogens with zero attached hydrogens (tertiary/aromatic N) is 1. The predicted octanol–water partition coefficient (Wildman–Crippen LogP) is -0.00820. The van der Waals surface area contributed by atoms with Gasteiger partial charge in [0.15, 0.2) is 0 Å².